The van der Waals surface area contributed by atoms with E-state index in [1.54, 1.807) is 0 Å². The maximum Gasteiger partial charge on any atom is 0.0982 e. The van der Waals surface area contributed by atoms with Crippen molar-refractivity contribution in [2.45, 2.75) is 58.9 Å². The van der Waals surface area contributed by atoms with Crippen LogP contribution in [0.4, 0.5) is 0 Å². The van der Waals surface area contributed by atoms with Gasteiger partial charge in [-0.05, 0) is 37.8 Å². The molecule has 0 radical (unpaired) electrons. The second-order valence-electron chi connectivity index (χ2n) is 5.86. The van der Waals surface area contributed by atoms with Crippen molar-refractivity contribution in [1.82, 2.24) is 4.90 Å². The van der Waals surface area contributed by atoms with Crippen molar-refractivity contribution in [3.8, 4) is 6.07 Å². The van der Waals surface area contributed by atoms with E-state index in [1.807, 2.05) is 0 Å². The Morgan fingerprint density at radius 1 is 1.13 bits per heavy atom. The van der Waals surface area contributed by atoms with E-state index in [0.717, 1.165) is 19.5 Å². The molecule has 1 aliphatic rings. The van der Waals surface area contributed by atoms with E-state index in [2.05, 4.69) is 31.7 Å². The fourth-order valence-corrected chi connectivity index (χ4v) is 2.24. The van der Waals surface area contributed by atoms with Crippen molar-refractivity contribution in [1.29, 1.82) is 5.26 Å². The lowest BCUT2D eigenvalue weighted by atomic mass is 9.88. The highest BCUT2D eigenvalue weighted by Crippen LogP contribution is 2.24. The molecule has 0 aromatic heterocycles. The zero-order valence-electron chi connectivity index (χ0n) is 10.4. The van der Waals surface area contributed by atoms with Crippen LogP contribution in [0.25, 0.3) is 0 Å². The van der Waals surface area contributed by atoms with Crippen LogP contribution >= 0.6 is 0 Å². The molecule has 1 heterocycles. The second kappa shape index (κ2) is 5.51. The highest BCUT2D eigenvalue weighted by Gasteiger charge is 2.24. The Kier molecular flexibility index (Phi) is 4.60. The van der Waals surface area contributed by atoms with E-state index in [0.29, 0.717) is 0 Å². The SMILES string of the molecule is CC(C)(C)CC(C#N)N1CCCCCC1. The van der Waals surface area contributed by atoms with Crippen molar-refractivity contribution in [3.05, 3.63) is 0 Å². The first-order valence-corrected chi connectivity index (χ1v) is 6.16. The molecule has 1 unspecified atom stereocenters. The number of hydrogen-bond donors (Lipinski definition) is 0. The van der Waals surface area contributed by atoms with Gasteiger partial charge in [0.2, 0.25) is 0 Å². The fraction of sp³-hybridized carbons (Fsp3) is 0.923. The van der Waals surface area contributed by atoms with Crippen molar-refractivity contribution in [2.75, 3.05) is 13.1 Å². The van der Waals surface area contributed by atoms with Gasteiger partial charge in [0.25, 0.3) is 0 Å². The van der Waals surface area contributed by atoms with E-state index in [4.69, 9.17) is 0 Å². The number of nitriles is 1. The first-order valence-electron chi connectivity index (χ1n) is 6.16. The summed E-state index contributed by atoms with van der Waals surface area (Å²) in [6.45, 7) is 8.89. The van der Waals surface area contributed by atoms with Crippen LogP contribution in [0.5, 0.6) is 0 Å². The summed E-state index contributed by atoms with van der Waals surface area (Å²) < 4.78 is 0. The number of nitrogens with zero attached hydrogens (tertiary/aromatic N) is 2. The van der Waals surface area contributed by atoms with Crippen molar-refractivity contribution in [2.24, 2.45) is 5.41 Å². The molecule has 0 amide bonds. The summed E-state index contributed by atoms with van der Waals surface area (Å²) in [6, 6.07) is 2.61. The topological polar surface area (TPSA) is 27.0 Å². The van der Waals surface area contributed by atoms with Gasteiger partial charge in [-0.25, -0.2) is 0 Å². The Labute approximate surface area is 94.3 Å². The highest BCUT2D eigenvalue weighted by molar-refractivity contribution is 4.94. The van der Waals surface area contributed by atoms with Gasteiger partial charge in [0, 0.05) is 0 Å². The van der Waals surface area contributed by atoms with Gasteiger partial charge in [-0.15, -0.1) is 0 Å². The molecule has 0 aromatic carbocycles. The molecule has 1 aliphatic heterocycles. The molecule has 1 saturated heterocycles. The predicted octanol–water partition coefficient (Wildman–Crippen LogP) is 3.19. The molecule has 0 aromatic rings. The minimum Gasteiger partial charge on any atom is -0.288 e. The van der Waals surface area contributed by atoms with E-state index in [-0.39, 0.29) is 11.5 Å². The molecule has 86 valence electrons. The molecule has 0 N–H and O–H groups in total. The average molecular weight is 208 g/mol. The number of rotatable bonds is 2. The standard InChI is InChI=1S/C13H24N2/c1-13(2,3)10-12(11-14)15-8-6-4-5-7-9-15/h12H,4-10H2,1-3H3. The van der Waals surface area contributed by atoms with Gasteiger partial charge in [0.1, 0.15) is 0 Å². The second-order valence-corrected chi connectivity index (χ2v) is 5.86. The van der Waals surface area contributed by atoms with Crippen LogP contribution in [-0.4, -0.2) is 24.0 Å². The molecule has 2 heteroatoms. The van der Waals surface area contributed by atoms with Crippen molar-refractivity contribution < 1.29 is 0 Å². The minimum absolute atomic E-state index is 0.128. The third-order valence-corrected chi connectivity index (χ3v) is 3.04. The van der Waals surface area contributed by atoms with Crippen LogP contribution in [0.15, 0.2) is 0 Å². The molecule has 0 spiro atoms. The summed E-state index contributed by atoms with van der Waals surface area (Å²) >= 11 is 0. The van der Waals surface area contributed by atoms with Gasteiger partial charge >= 0.3 is 0 Å². The Morgan fingerprint density at radius 2 is 1.67 bits per heavy atom. The van der Waals surface area contributed by atoms with Gasteiger partial charge in [-0.3, -0.25) is 4.90 Å². The summed E-state index contributed by atoms with van der Waals surface area (Å²) in [6.07, 6.45) is 6.20. The van der Waals surface area contributed by atoms with Gasteiger partial charge in [-0.1, -0.05) is 33.6 Å². The van der Waals surface area contributed by atoms with Crippen molar-refractivity contribution >= 4 is 0 Å². The molecule has 0 bridgehead atoms. The molecule has 1 rings (SSSR count). The minimum atomic E-state index is 0.128. The summed E-state index contributed by atoms with van der Waals surface area (Å²) in [4.78, 5) is 2.39. The van der Waals surface area contributed by atoms with E-state index in [9.17, 15) is 5.26 Å². The van der Waals surface area contributed by atoms with Crippen LogP contribution in [-0.2, 0) is 0 Å². The third-order valence-electron chi connectivity index (χ3n) is 3.04. The summed E-state index contributed by atoms with van der Waals surface area (Å²) in [7, 11) is 0. The normalized spacial score (nSPS) is 21.7. The Hall–Kier alpha value is -0.550. The first kappa shape index (κ1) is 12.5. The molecule has 2 nitrogen and oxygen atoms in total. The van der Waals surface area contributed by atoms with Gasteiger partial charge in [-0.2, -0.15) is 5.26 Å². The average Bonchev–Trinajstić information content (AvgIpc) is 2.40. The first-order chi connectivity index (χ1) is 7.03. The Balaban J connectivity index is 2.53. The van der Waals surface area contributed by atoms with Gasteiger partial charge in [0.05, 0.1) is 12.1 Å². The fourth-order valence-electron chi connectivity index (χ4n) is 2.24. The largest absolute Gasteiger partial charge is 0.288 e. The van der Waals surface area contributed by atoms with Gasteiger partial charge in [0.15, 0.2) is 0 Å². The monoisotopic (exact) mass is 208 g/mol. The van der Waals surface area contributed by atoms with Crippen molar-refractivity contribution in [3.63, 3.8) is 0 Å². The summed E-state index contributed by atoms with van der Waals surface area (Å²) in [5, 5.41) is 9.24. The van der Waals surface area contributed by atoms with E-state index < -0.39 is 0 Å². The predicted molar refractivity (Wildman–Crippen MR) is 63.5 cm³/mol. The highest BCUT2D eigenvalue weighted by atomic mass is 15.1. The molecule has 15 heavy (non-hydrogen) atoms. The number of likely N-dealkylation sites (tertiary alicyclic amines) is 1. The molecule has 1 atom stereocenters. The zero-order chi connectivity index (χ0) is 11.3. The summed E-state index contributed by atoms with van der Waals surface area (Å²) in [5.41, 5.74) is 0.257. The molecule has 1 fully saturated rings. The molecule has 0 saturated carbocycles. The van der Waals surface area contributed by atoms with Crippen LogP contribution in [0, 0.1) is 16.7 Å². The summed E-state index contributed by atoms with van der Waals surface area (Å²) in [5.74, 6) is 0. The van der Waals surface area contributed by atoms with Crippen LogP contribution in [0.2, 0.25) is 0 Å². The lowest BCUT2D eigenvalue weighted by Gasteiger charge is -2.30. The lowest BCUT2D eigenvalue weighted by Crippen LogP contribution is -2.37. The van der Waals surface area contributed by atoms with Gasteiger partial charge < -0.3 is 0 Å². The van der Waals surface area contributed by atoms with Crippen LogP contribution in [0.1, 0.15) is 52.9 Å². The van der Waals surface area contributed by atoms with E-state index >= 15 is 0 Å². The zero-order valence-corrected chi connectivity index (χ0v) is 10.4. The van der Waals surface area contributed by atoms with Crippen LogP contribution in [0.3, 0.4) is 0 Å². The number of hydrogen-bond acceptors (Lipinski definition) is 2. The molecular weight excluding hydrogens is 184 g/mol. The third kappa shape index (κ3) is 4.66. The van der Waals surface area contributed by atoms with E-state index in [1.165, 1.54) is 25.7 Å². The maximum absolute atomic E-state index is 9.24. The maximum atomic E-state index is 9.24. The Morgan fingerprint density at radius 3 is 2.07 bits per heavy atom. The quantitative estimate of drug-likeness (QED) is 0.697. The smallest absolute Gasteiger partial charge is 0.0982 e. The van der Waals surface area contributed by atoms with Crippen LogP contribution < -0.4 is 0 Å². The lowest BCUT2D eigenvalue weighted by molar-refractivity contribution is 0.189. The Bertz CT molecular complexity index is 214. The molecular formula is C13H24N2. The molecule has 0 aliphatic carbocycles.